The fraction of sp³-hybridized carbons (Fsp3) is 0. The first-order valence-electron chi connectivity index (χ1n) is 3.86. The van der Waals surface area contributed by atoms with Crippen molar-refractivity contribution < 1.29 is 0 Å². The molecule has 0 fully saturated rings. The maximum atomic E-state index is 5.79. The summed E-state index contributed by atoms with van der Waals surface area (Å²) in [4.78, 5) is 1.11. The second-order valence-electron chi connectivity index (χ2n) is 2.71. The van der Waals surface area contributed by atoms with Gasteiger partial charge in [0.2, 0.25) is 0 Å². The molecule has 2 rings (SSSR count). The highest BCUT2D eigenvalue weighted by molar-refractivity contribution is 7.14. The molecule has 1 aromatic carbocycles. The Hall–Kier alpha value is -0.700. The molecule has 2 N–H and O–H groups in total. The topological polar surface area (TPSA) is 26.0 Å². The van der Waals surface area contributed by atoms with Gasteiger partial charge in [0.15, 0.2) is 0 Å². The molecule has 0 bridgehead atoms. The molecule has 2 aromatic rings. The molecule has 1 aromatic heterocycles. The molecular weight excluding hydrogens is 237 g/mol. The Labute approximate surface area is 97.9 Å². The van der Waals surface area contributed by atoms with Gasteiger partial charge in [-0.25, -0.2) is 0 Å². The van der Waals surface area contributed by atoms with Gasteiger partial charge in [0.1, 0.15) is 0 Å². The standard InChI is InChI=1S/C10H8ClNS.ClH/c11-8-3-1-7(2-4-8)10-9(12)5-6-13-10;/h1-6H,12H2;1H. The fourth-order valence-corrected chi connectivity index (χ4v) is 2.11. The van der Waals surface area contributed by atoms with Crippen LogP contribution in [0.15, 0.2) is 35.7 Å². The molecule has 0 aliphatic rings. The minimum atomic E-state index is 0. The summed E-state index contributed by atoms with van der Waals surface area (Å²) in [5.41, 5.74) is 7.74. The Morgan fingerprint density at radius 1 is 1.07 bits per heavy atom. The van der Waals surface area contributed by atoms with Crippen molar-refractivity contribution in [1.82, 2.24) is 0 Å². The summed E-state index contributed by atoms with van der Waals surface area (Å²) < 4.78 is 0. The van der Waals surface area contributed by atoms with Gasteiger partial charge in [-0.1, -0.05) is 23.7 Å². The third kappa shape index (κ3) is 2.21. The summed E-state index contributed by atoms with van der Waals surface area (Å²) in [6.07, 6.45) is 0. The van der Waals surface area contributed by atoms with E-state index in [-0.39, 0.29) is 12.4 Å². The van der Waals surface area contributed by atoms with E-state index in [0.717, 1.165) is 21.2 Å². The van der Waals surface area contributed by atoms with E-state index in [1.54, 1.807) is 11.3 Å². The summed E-state index contributed by atoms with van der Waals surface area (Å²) in [5.74, 6) is 0. The van der Waals surface area contributed by atoms with Crippen molar-refractivity contribution in [2.75, 3.05) is 5.73 Å². The molecule has 1 heterocycles. The van der Waals surface area contributed by atoms with Crippen molar-refractivity contribution in [3.05, 3.63) is 40.7 Å². The minimum Gasteiger partial charge on any atom is -0.398 e. The summed E-state index contributed by atoms with van der Waals surface area (Å²) in [7, 11) is 0. The Balaban J connectivity index is 0.000000980. The van der Waals surface area contributed by atoms with E-state index < -0.39 is 0 Å². The Morgan fingerprint density at radius 2 is 1.71 bits per heavy atom. The third-order valence-electron chi connectivity index (χ3n) is 1.80. The van der Waals surface area contributed by atoms with Gasteiger partial charge in [-0.05, 0) is 29.1 Å². The molecule has 14 heavy (non-hydrogen) atoms. The monoisotopic (exact) mass is 245 g/mol. The minimum absolute atomic E-state index is 0. The molecule has 4 heteroatoms. The normalized spacial score (nSPS) is 9.50. The zero-order valence-corrected chi connectivity index (χ0v) is 9.62. The molecule has 0 aliphatic carbocycles. The molecule has 0 saturated carbocycles. The van der Waals surface area contributed by atoms with Crippen LogP contribution in [0.1, 0.15) is 0 Å². The van der Waals surface area contributed by atoms with Gasteiger partial charge < -0.3 is 5.73 Å². The number of thiophene rings is 1. The molecule has 0 aliphatic heterocycles. The number of halogens is 2. The summed E-state index contributed by atoms with van der Waals surface area (Å²) in [5, 5.41) is 2.73. The molecule has 0 amide bonds. The Bertz CT molecular complexity index is 408. The number of nitrogens with two attached hydrogens (primary N) is 1. The SMILES string of the molecule is Cl.Nc1ccsc1-c1ccc(Cl)cc1. The lowest BCUT2D eigenvalue weighted by Gasteiger charge is -1.98. The van der Waals surface area contributed by atoms with E-state index >= 15 is 0 Å². The number of hydrogen-bond acceptors (Lipinski definition) is 2. The highest BCUT2D eigenvalue weighted by Crippen LogP contribution is 2.31. The average molecular weight is 246 g/mol. The van der Waals surface area contributed by atoms with Crippen molar-refractivity contribution in [3.8, 4) is 10.4 Å². The highest BCUT2D eigenvalue weighted by Gasteiger charge is 2.02. The van der Waals surface area contributed by atoms with Crippen LogP contribution in [0.2, 0.25) is 5.02 Å². The predicted octanol–water partition coefficient (Wildman–Crippen LogP) is 4.07. The Kier molecular flexibility index (Phi) is 3.81. The van der Waals surface area contributed by atoms with Crippen LogP contribution in [0.25, 0.3) is 10.4 Å². The molecule has 1 nitrogen and oxygen atoms in total. The summed E-state index contributed by atoms with van der Waals surface area (Å²) in [6, 6.07) is 9.61. The summed E-state index contributed by atoms with van der Waals surface area (Å²) >= 11 is 7.43. The third-order valence-corrected chi connectivity index (χ3v) is 3.03. The summed E-state index contributed by atoms with van der Waals surface area (Å²) in [6.45, 7) is 0. The molecule has 0 saturated heterocycles. The first-order chi connectivity index (χ1) is 6.27. The van der Waals surface area contributed by atoms with Gasteiger partial charge in [-0.15, -0.1) is 23.7 Å². The van der Waals surface area contributed by atoms with Gasteiger partial charge in [0, 0.05) is 5.02 Å². The number of nitrogen functional groups attached to an aromatic ring is 1. The highest BCUT2D eigenvalue weighted by atomic mass is 35.5. The van der Waals surface area contributed by atoms with E-state index in [1.165, 1.54) is 0 Å². The maximum absolute atomic E-state index is 5.79. The predicted molar refractivity (Wildman–Crippen MR) is 66.4 cm³/mol. The van der Waals surface area contributed by atoms with E-state index in [4.69, 9.17) is 17.3 Å². The Morgan fingerprint density at radius 3 is 2.21 bits per heavy atom. The molecule has 74 valence electrons. The smallest absolute Gasteiger partial charge is 0.0572 e. The van der Waals surface area contributed by atoms with Gasteiger partial charge >= 0.3 is 0 Å². The number of hydrogen-bond donors (Lipinski definition) is 1. The average Bonchev–Trinajstić information content (AvgIpc) is 2.53. The number of anilines is 1. The second kappa shape index (κ2) is 4.69. The van der Waals surface area contributed by atoms with Crippen LogP contribution in [0.5, 0.6) is 0 Å². The quantitative estimate of drug-likeness (QED) is 0.806. The van der Waals surface area contributed by atoms with Crippen molar-refractivity contribution >= 4 is 41.0 Å². The van der Waals surface area contributed by atoms with Crippen LogP contribution < -0.4 is 5.73 Å². The van der Waals surface area contributed by atoms with Crippen molar-refractivity contribution in [1.29, 1.82) is 0 Å². The largest absolute Gasteiger partial charge is 0.398 e. The molecular formula is C10H9Cl2NS. The van der Waals surface area contributed by atoms with E-state index in [2.05, 4.69) is 0 Å². The van der Waals surface area contributed by atoms with Gasteiger partial charge in [-0.2, -0.15) is 0 Å². The molecule has 0 atom stereocenters. The fourth-order valence-electron chi connectivity index (χ4n) is 1.16. The zero-order chi connectivity index (χ0) is 9.26. The first-order valence-corrected chi connectivity index (χ1v) is 5.12. The lowest BCUT2D eigenvalue weighted by Crippen LogP contribution is -1.83. The van der Waals surface area contributed by atoms with Crippen LogP contribution in [0.3, 0.4) is 0 Å². The molecule has 0 unspecified atom stereocenters. The first kappa shape index (κ1) is 11.4. The van der Waals surface area contributed by atoms with Crippen LogP contribution in [0.4, 0.5) is 5.69 Å². The van der Waals surface area contributed by atoms with Crippen molar-refractivity contribution in [2.45, 2.75) is 0 Å². The zero-order valence-electron chi connectivity index (χ0n) is 7.24. The molecule has 0 radical (unpaired) electrons. The van der Waals surface area contributed by atoms with Crippen molar-refractivity contribution in [3.63, 3.8) is 0 Å². The van der Waals surface area contributed by atoms with Crippen LogP contribution in [-0.2, 0) is 0 Å². The van der Waals surface area contributed by atoms with E-state index in [1.807, 2.05) is 35.7 Å². The number of benzene rings is 1. The van der Waals surface area contributed by atoms with Gasteiger partial charge in [0.05, 0.1) is 10.6 Å². The maximum Gasteiger partial charge on any atom is 0.0572 e. The van der Waals surface area contributed by atoms with Crippen LogP contribution in [-0.4, -0.2) is 0 Å². The van der Waals surface area contributed by atoms with Gasteiger partial charge in [-0.3, -0.25) is 0 Å². The second-order valence-corrected chi connectivity index (χ2v) is 4.06. The lowest BCUT2D eigenvalue weighted by atomic mass is 10.2. The van der Waals surface area contributed by atoms with Crippen molar-refractivity contribution in [2.24, 2.45) is 0 Å². The van der Waals surface area contributed by atoms with Crippen LogP contribution in [0, 0.1) is 0 Å². The number of rotatable bonds is 1. The van der Waals surface area contributed by atoms with E-state index in [9.17, 15) is 0 Å². The van der Waals surface area contributed by atoms with E-state index in [0.29, 0.717) is 0 Å². The van der Waals surface area contributed by atoms with Crippen LogP contribution >= 0.6 is 35.3 Å². The lowest BCUT2D eigenvalue weighted by molar-refractivity contribution is 1.69. The molecule has 0 spiro atoms. The van der Waals surface area contributed by atoms with Gasteiger partial charge in [0.25, 0.3) is 0 Å².